The quantitative estimate of drug-likeness (QED) is 0.621. The summed E-state index contributed by atoms with van der Waals surface area (Å²) in [5.41, 5.74) is 6.55. The summed E-state index contributed by atoms with van der Waals surface area (Å²) in [6, 6.07) is 10.7. The van der Waals surface area contributed by atoms with Crippen molar-refractivity contribution < 1.29 is 9.84 Å². The van der Waals surface area contributed by atoms with E-state index in [9.17, 15) is 5.11 Å². The molecule has 0 spiro atoms. The molecule has 2 aliphatic heterocycles. The fourth-order valence-electron chi connectivity index (χ4n) is 4.48. The number of rotatable bonds is 3. The van der Waals surface area contributed by atoms with Crippen molar-refractivity contribution in [1.82, 2.24) is 9.88 Å². The molecule has 0 aliphatic carbocycles. The van der Waals surface area contributed by atoms with E-state index >= 15 is 0 Å². The van der Waals surface area contributed by atoms with Crippen molar-refractivity contribution in [3.8, 4) is 22.8 Å². The Morgan fingerprint density at radius 2 is 1.97 bits per heavy atom. The second-order valence-corrected chi connectivity index (χ2v) is 9.12. The molecule has 0 atom stereocenters. The molecule has 0 radical (unpaired) electrons. The van der Waals surface area contributed by atoms with Crippen LogP contribution >= 0.6 is 11.8 Å². The van der Waals surface area contributed by atoms with Crippen LogP contribution in [0.15, 0.2) is 35.2 Å². The molecule has 0 bridgehead atoms. The van der Waals surface area contributed by atoms with Gasteiger partial charge in [-0.2, -0.15) is 0 Å². The molecule has 5 rings (SSSR count). The lowest BCUT2D eigenvalue weighted by molar-refractivity contribution is 0.218. The number of aromatic hydroxyl groups is 1. The molecular weight excluding hydrogens is 380 g/mol. The maximum Gasteiger partial charge on any atom is 0.164 e. The molecule has 2 aromatic carbocycles. The average Bonchev–Trinajstić information content (AvgIpc) is 2.75. The number of piperidine rings is 1. The van der Waals surface area contributed by atoms with Gasteiger partial charge in [-0.3, -0.25) is 4.90 Å². The second-order valence-electron chi connectivity index (χ2n) is 8.10. The van der Waals surface area contributed by atoms with Crippen molar-refractivity contribution in [3.63, 3.8) is 0 Å². The van der Waals surface area contributed by atoms with Gasteiger partial charge >= 0.3 is 0 Å². The van der Waals surface area contributed by atoms with Crippen molar-refractivity contribution in [2.24, 2.45) is 0 Å². The normalized spacial score (nSPS) is 16.5. The minimum Gasteiger partial charge on any atom is -0.504 e. The number of ether oxygens (including phenoxy) is 1. The molecule has 0 saturated carbocycles. The lowest BCUT2D eigenvalue weighted by Crippen LogP contribution is -2.29. The van der Waals surface area contributed by atoms with E-state index in [0.717, 1.165) is 41.0 Å². The molecule has 3 heterocycles. The van der Waals surface area contributed by atoms with E-state index in [1.165, 1.54) is 40.8 Å². The van der Waals surface area contributed by atoms with E-state index in [-0.39, 0.29) is 5.75 Å². The number of fused-ring (bicyclic) bond motifs is 4. The van der Waals surface area contributed by atoms with Crippen LogP contribution in [0.3, 0.4) is 0 Å². The van der Waals surface area contributed by atoms with E-state index < -0.39 is 0 Å². The average molecular weight is 407 g/mol. The Morgan fingerprint density at radius 1 is 1.14 bits per heavy atom. The molecule has 0 amide bonds. The lowest BCUT2D eigenvalue weighted by Gasteiger charge is -2.28. The molecule has 3 aromatic rings. The number of aryl methyl sites for hydroxylation is 1. The standard InChI is InChI=1S/C24H26N2O2S/c1-15-6-7-18-21(10-15)29-14-17-11-16-12-20(28-2)24(27)19(22(16)25-23(17)18)13-26-8-4-3-5-9-26/h6-7,10-12,27H,3-5,8-9,13-14H2,1-2H3. The molecule has 150 valence electrons. The van der Waals surface area contributed by atoms with E-state index in [1.54, 1.807) is 7.11 Å². The van der Waals surface area contributed by atoms with Gasteiger partial charge < -0.3 is 9.84 Å². The monoisotopic (exact) mass is 406 g/mol. The number of benzene rings is 2. The number of methoxy groups -OCH3 is 1. The van der Waals surface area contributed by atoms with Crippen LogP contribution in [0, 0.1) is 6.92 Å². The summed E-state index contributed by atoms with van der Waals surface area (Å²) >= 11 is 1.87. The minimum atomic E-state index is 0.229. The highest BCUT2D eigenvalue weighted by Crippen LogP contribution is 2.44. The summed E-state index contributed by atoms with van der Waals surface area (Å²) < 4.78 is 5.49. The summed E-state index contributed by atoms with van der Waals surface area (Å²) in [5, 5.41) is 12.0. The predicted molar refractivity (Wildman–Crippen MR) is 119 cm³/mol. The first-order valence-corrected chi connectivity index (χ1v) is 11.3. The van der Waals surface area contributed by atoms with Crippen molar-refractivity contribution in [2.75, 3.05) is 20.2 Å². The summed E-state index contributed by atoms with van der Waals surface area (Å²) in [6.45, 7) is 4.98. The largest absolute Gasteiger partial charge is 0.504 e. The summed E-state index contributed by atoms with van der Waals surface area (Å²) in [4.78, 5) is 8.85. The number of pyridine rings is 1. The van der Waals surface area contributed by atoms with Crippen molar-refractivity contribution >= 4 is 22.7 Å². The van der Waals surface area contributed by atoms with Crippen LogP contribution in [-0.2, 0) is 12.3 Å². The molecule has 1 fully saturated rings. The molecule has 5 heteroatoms. The van der Waals surface area contributed by atoms with Crippen LogP contribution in [0.1, 0.15) is 36.0 Å². The maximum absolute atomic E-state index is 11.0. The first-order chi connectivity index (χ1) is 14.1. The van der Waals surface area contributed by atoms with Crippen LogP contribution in [0.4, 0.5) is 0 Å². The van der Waals surface area contributed by atoms with Gasteiger partial charge in [-0.15, -0.1) is 11.8 Å². The highest BCUT2D eigenvalue weighted by Gasteiger charge is 2.23. The third-order valence-electron chi connectivity index (χ3n) is 6.05. The zero-order chi connectivity index (χ0) is 20.0. The van der Waals surface area contributed by atoms with Gasteiger partial charge in [0.25, 0.3) is 0 Å². The Balaban J connectivity index is 1.69. The highest BCUT2D eigenvalue weighted by molar-refractivity contribution is 7.98. The number of nitrogens with zero attached hydrogens (tertiary/aromatic N) is 2. The zero-order valence-electron chi connectivity index (χ0n) is 17.0. The Bertz CT molecular complexity index is 1090. The van der Waals surface area contributed by atoms with E-state index in [2.05, 4.69) is 36.1 Å². The Kier molecular flexibility index (Phi) is 4.88. The Hall–Kier alpha value is -2.24. The topological polar surface area (TPSA) is 45.6 Å². The van der Waals surface area contributed by atoms with Crippen LogP contribution in [-0.4, -0.2) is 35.2 Å². The molecular formula is C24H26N2O2S. The van der Waals surface area contributed by atoms with Gasteiger partial charge in [-0.05, 0) is 62.2 Å². The van der Waals surface area contributed by atoms with Crippen LogP contribution in [0.2, 0.25) is 0 Å². The SMILES string of the molecule is COc1cc2cc3c(nc2c(CN2CCCCC2)c1O)-c1ccc(C)cc1SC3. The van der Waals surface area contributed by atoms with Gasteiger partial charge in [0.05, 0.1) is 18.3 Å². The fraction of sp³-hybridized carbons (Fsp3) is 0.375. The third kappa shape index (κ3) is 3.36. The molecule has 2 aliphatic rings. The van der Waals surface area contributed by atoms with Gasteiger partial charge in [-0.25, -0.2) is 4.98 Å². The van der Waals surface area contributed by atoms with Gasteiger partial charge in [0, 0.05) is 33.7 Å². The molecule has 29 heavy (non-hydrogen) atoms. The molecule has 1 N–H and O–H groups in total. The molecule has 1 saturated heterocycles. The predicted octanol–water partition coefficient (Wildman–Crippen LogP) is 5.52. The maximum atomic E-state index is 11.0. The van der Waals surface area contributed by atoms with Crippen molar-refractivity contribution in [1.29, 1.82) is 0 Å². The first-order valence-electron chi connectivity index (χ1n) is 10.3. The zero-order valence-corrected chi connectivity index (χ0v) is 17.8. The van der Waals surface area contributed by atoms with Crippen LogP contribution in [0.5, 0.6) is 11.5 Å². The number of hydrogen-bond acceptors (Lipinski definition) is 5. The van der Waals surface area contributed by atoms with Gasteiger partial charge in [0.1, 0.15) is 0 Å². The lowest BCUT2D eigenvalue weighted by atomic mass is 9.99. The number of phenolic OH excluding ortho intramolecular Hbond substituents is 1. The number of likely N-dealkylation sites (tertiary alicyclic amines) is 1. The number of phenols is 1. The van der Waals surface area contributed by atoms with Gasteiger partial charge in [-0.1, -0.05) is 18.6 Å². The number of hydrogen-bond donors (Lipinski definition) is 1. The minimum absolute atomic E-state index is 0.229. The van der Waals surface area contributed by atoms with E-state index in [4.69, 9.17) is 9.72 Å². The second kappa shape index (κ2) is 7.54. The molecule has 0 unspecified atom stereocenters. The smallest absolute Gasteiger partial charge is 0.164 e. The van der Waals surface area contributed by atoms with Crippen molar-refractivity contribution in [3.05, 3.63) is 47.0 Å². The summed E-state index contributed by atoms with van der Waals surface area (Å²) in [5.74, 6) is 1.68. The van der Waals surface area contributed by atoms with Crippen LogP contribution in [0.25, 0.3) is 22.2 Å². The molecule has 1 aromatic heterocycles. The Morgan fingerprint density at radius 3 is 2.76 bits per heavy atom. The van der Waals surface area contributed by atoms with Crippen LogP contribution < -0.4 is 4.74 Å². The Labute approximate surface area is 175 Å². The number of thioether (sulfide) groups is 1. The van der Waals surface area contributed by atoms with E-state index in [1.807, 2.05) is 17.8 Å². The van der Waals surface area contributed by atoms with Gasteiger partial charge in [0.2, 0.25) is 0 Å². The summed E-state index contributed by atoms with van der Waals surface area (Å²) in [7, 11) is 1.62. The third-order valence-corrected chi connectivity index (χ3v) is 7.15. The number of aromatic nitrogens is 1. The van der Waals surface area contributed by atoms with Crippen molar-refractivity contribution in [2.45, 2.75) is 43.4 Å². The summed E-state index contributed by atoms with van der Waals surface area (Å²) in [6.07, 6.45) is 3.73. The van der Waals surface area contributed by atoms with E-state index in [0.29, 0.717) is 12.3 Å². The fourth-order valence-corrected chi connectivity index (χ4v) is 5.61. The molecule has 4 nitrogen and oxygen atoms in total. The van der Waals surface area contributed by atoms with Gasteiger partial charge in [0.15, 0.2) is 11.5 Å². The first kappa shape index (κ1) is 18.8. The highest BCUT2D eigenvalue weighted by atomic mass is 32.2.